The van der Waals surface area contributed by atoms with Gasteiger partial charge in [-0.2, -0.15) is 0 Å². The van der Waals surface area contributed by atoms with Gasteiger partial charge in [0.05, 0.1) is 0 Å². The van der Waals surface area contributed by atoms with E-state index in [1.807, 2.05) is 6.92 Å². The van der Waals surface area contributed by atoms with Gasteiger partial charge in [0, 0.05) is 6.04 Å². The molecular weight excluding hydrogens is 203 g/mol. The van der Waals surface area contributed by atoms with Crippen molar-refractivity contribution in [3.8, 4) is 0 Å². The normalized spacial score (nSPS) is 12.0. The summed E-state index contributed by atoms with van der Waals surface area (Å²) in [4.78, 5) is 0. The van der Waals surface area contributed by atoms with E-state index in [-0.39, 0.29) is 24.3 Å². The van der Waals surface area contributed by atoms with Gasteiger partial charge in [0.15, 0.2) is 0 Å². The Balaban J connectivity index is 0.00000169. The van der Waals surface area contributed by atoms with E-state index in [2.05, 4.69) is 0 Å². The highest BCUT2D eigenvalue weighted by Gasteiger charge is 2.08. The number of nitrogens with two attached hydrogens (primary N) is 2. The molecule has 4 heteroatoms. The molecular formula is C10H16ClFN2. The number of rotatable bonds is 3. The highest BCUT2D eigenvalue weighted by molar-refractivity contribution is 5.85. The van der Waals surface area contributed by atoms with Gasteiger partial charge in [-0.3, -0.25) is 0 Å². The lowest BCUT2D eigenvalue weighted by atomic mass is 9.99. The minimum absolute atomic E-state index is 0. The molecule has 1 rings (SSSR count). The summed E-state index contributed by atoms with van der Waals surface area (Å²) in [5.74, 6) is -0.243. The lowest BCUT2D eigenvalue weighted by molar-refractivity contribution is 0.609. The summed E-state index contributed by atoms with van der Waals surface area (Å²) >= 11 is 0. The summed E-state index contributed by atoms with van der Waals surface area (Å²) in [6, 6.07) is 4.51. The smallest absolute Gasteiger partial charge is 0.123 e. The molecule has 0 heterocycles. The van der Waals surface area contributed by atoms with Crippen LogP contribution in [0.1, 0.15) is 23.6 Å². The third-order valence-corrected chi connectivity index (χ3v) is 2.12. The zero-order chi connectivity index (χ0) is 9.84. The second-order valence-electron chi connectivity index (χ2n) is 3.18. The molecule has 0 unspecified atom stereocenters. The van der Waals surface area contributed by atoms with Crippen LogP contribution in [0.2, 0.25) is 0 Å². The summed E-state index contributed by atoms with van der Waals surface area (Å²) in [6.45, 7) is 2.45. The summed E-state index contributed by atoms with van der Waals surface area (Å²) in [5.41, 5.74) is 13.1. The second-order valence-corrected chi connectivity index (χ2v) is 3.18. The van der Waals surface area contributed by atoms with Crippen LogP contribution in [-0.2, 0) is 0 Å². The van der Waals surface area contributed by atoms with Gasteiger partial charge < -0.3 is 11.5 Å². The average molecular weight is 219 g/mol. The second kappa shape index (κ2) is 5.96. The highest BCUT2D eigenvalue weighted by Crippen LogP contribution is 2.18. The summed E-state index contributed by atoms with van der Waals surface area (Å²) in [7, 11) is 0. The number of hydrogen-bond donors (Lipinski definition) is 2. The molecule has 2 nitrogen and oxygen atoms in total. The molecule has 0 aliphatic heterocycles. The maximum absolute atomic E-state index is 12.9. The van der Waals surface area contributed by atoms with Gasteiger partial charge in [-0.25, -0.2) is 4.39 Å². The van der Waals surface area contributed by atoms with Crippen LogP contribution in [0.15, 0.2) is 18.2 Å². The van der Waals surface area contributed by atoms with E-state index in [4.69, 9.17) is 11.5 Å². The molecule has 0 bridgehead atoms. The molecule has 0 aliphatic rings. The summed E-state index contributed by atoms with van der Waals surface area (Å²) in [6.07, 6.45) is 0.685. The van der Waals surface area contributed by atoms with Crippen molar-refractivity contribution in [1.82, 2.24) is 0 Å². The van der Waals surface area contributed by atoms with Crippen LogP contribution < -0.4 is 11.5 Å². The van der Waals surface area contributed by atoms with Crippen molar-refractivity contribution in [2.45, 2.75) is 19.4 Å². The predicted molar refractivity (Wildman–Crippen MR) is 59.0 cm³/mol. The minimum atomic E-state index is -0.243. The van der Waals surface area contributed by atoms with Crippen molar-refractivity contribution in [2.24, 2.45) is 11.5 Å². The molecule has 14 heavy (non-hydrogen) atoms. The van der Waals surface area contributed by atoms with Gasteiger partial charge in [0.2, 0.25) is 0 Å². The first-order valence-corrected chi connectivity index (χ1v) is 4.37. The van der Waals surface area contributed by atoms with Crippen LogP contribution in [-0.4, -0.2) is 6.54 Å². The highest BCUT2D eigenvalue weighted by atomic mass is 35.5. The van der Waals surface area contributed by atoms with Crippen LogP contribution in [0.25, 0.3) is 0 Å². The van der Waals surface area contributed by atoms with Gasteiger partial charge >= 0.3 is 0 Å². The van der Waals surface area contributed by atoms with E-state index in [0.29, 0.717) is 13.0 Å². The SMILES string of the molecule is Cc1ccc(F)cc1[C@@H](N)CCN.Cl. The summed E-state index contributed by atoms with van der Waals surface area (Å²) in [5, 5.41) is 0. The Kier molecular flexibility index (Phi) is 5.69. The third kappa shape index (κ3) is 3.25. The topological polar surface area (TPSA) is 52.0 Å². The monoisotopic (exact) mass is 218 g/mol. The lowest BCUT2D eigenvalue weighted by Gasteiger charge is -2.13. The molecule has 0 fully saturated rings. The predicted octanol–water partition coefficient (Wildman–Crippen LogP) is 1.90. The zero-order valence-electron chi connectivity index (χ0n) is 8.16. The Bertz CT molecular complexity index is 291. The first-order chi connectivity index (χ1) is 6.15. The molecule has 0 amide bonds. The Labute approximate surface area is 89.9 Å². The summed E-state index contributed by atoms with van der Waals surface area (Å²) < 4.78 is 12.9. The molecule has 1 aromatic rings. The number of hydrogen-bond acceptors (Lipinski definition) is 2. The maximum Gasteiger partial charge on any atom is 0.123 e. The fourth-order valence-corrected chi connectivity index (χ4v) is 1.35. The number of benzene rings is 1. The quantitative estimate of drug-likeness (QED) is 0.814. The van der Waals surface area contributed by atoms with Gasteiger partial charge in [0.1, 0.15) is 5.82 Å². The van der Waals surface area contributed by atoms with Crippen LogP contribution in [0.3, 0.4) is 0 Å². The minimum Gasteiger partial charge on any atom is -0.330 e. The first-order valence-electron chi connectivity index (χ1n) is 4.37. The fourth-order valence-electron chi connectivity index (χ4n) is 1.35. The van der Waals surface area contributed by atoms with Crippen molar-refractivity contribution >= 4 is 12.4 Å². The largest absolute Gasteiger partial charge is 0.330 e. The molecule has 1 aromatic carbocycles. The molecule has 0 saturated carbocycles. The Morgan fingerprint density at radius 2 is 2.07 bits per heavy atom. The van der Waals surface area contributed by atoms with E-state index in [1.165, 1.54) is 12.1 Å². The van der Waals surface area contributed by atoms with E-state index >= 15 is 0 Å². The van der Waals surface area contributed by atoms with Gasteiger partial charge in [-0.05, 0) is 43.1 Å². The van der Waals surface area contributed by atoms with Gasteiger partial charge in [-0.1, -0.05) is 6.07 Å². The van der Waals surface area contributed by atoms with Crippen molar-refractivity contribution in [1.29, 1.82) is 0 Å². The zero-order valence-corrected chi connectivity index (χ0v) is 8.98. The van der Waals surface area contributed by atoms with Gasteiger partial charge in [-0.15, -0.1) is 12.4 Å². The molecule has 0 aromatic heterocycles. The molecule has 0 saturated heterocycles. The van der Waals surface area contributed by atoms with Crippen molar-refractivity contribution < 1.29 is 4.39 Å². The molecule has 4 N–H and O–H groups in total. The lowest BCUT2D eigenvalue weighted by Crippen LogP contribution is -2.16. The number of halogens is 2. The average Bonchev–Trinajstić information content (AvgIpc) is 2.09. The molecule has 0 radical (unpaired) electrons. The van der Waals surface area contributed by atoms with E-state index < -0.39 is 0 Å². The van der Waals surface area contributed by atoms with Crippen molar-refractivity contribution in [2.75, 3.05) is 6.54 Å². The molecule has 80 valence electrons. The fraction of sp³-hybridized carbons (Fsp3) is 0.400. The van der Waals surface area contributed by atoms with E-state index in [9.17, 15) is 4.39 Å². The Morgan fingerprint density at radius 1 is 1.43 bits per heavy atom. The maximum atomic E-state index is 12.9. The standard InChI is InChI=1S/C10H15FN2.ClH/c1-7-2-3-8(11)6-9(7)10(13)4-5-12;/h2-3,6,10H,4-5,12-13H2,1H3;1H/t10-;/m0./s1. The van der Waals surface area contributed by atoms with Crippen molar-refractivity contribution in [3.05, 3.63) is 35.1 Å². The van der Waals surface area contributed by atoms with Crippen molar-refractivity contribution in [3.63, 3.8) is 0 Å². The van der Waals surface area contributed by atoms with E-state index in [1.54, 1.807) is 6.07 Å². The molecule has 0 aliphatic carbocycles. The van der Waals surface area contributed by atoms with Crippen LogP contribution in [0.4, 0.5) is 4.39 Å². The Morgan fingerprint density at radius 3 is 2.64 bits per heavy atom. The molecule has 1 atom stereocenters. The number of aryl methyl sites for hydroxylation is 1. The van der Waals surface area contributed by atoms with Crippen LogP contribution in [0.5, 0.6) is 0 Å². The Hall–Kier alpha value is -0.640. The third-order valence-electron chi connectivity index (χ3n) is 2.12. The van der Waals surface area contributed by atoms with E-state index in [0.717, 1.165) is 11.1 Å². The van der Waals surface area contributed by atoms with Crippen LogP contribution in [0, 0.1) is 12.7 Å². The molecule has 0 spiro atoms. The van der Waals surface area contributed by atoms with Gasteiger partial charge in [0.25, 0.3) is 0 Å². The van der Waals surface area contributed by atoms with Crippen LogP contribution >= 0.6 is 12.4 Å². The first kappa shape index (κ1) is 13.4.